The SMILES string of the molecule is Cc1ccc(S(=O)(=O)NCCC(C)S(C)=O)c(Br)c1. The van der Waals surface area contributed by atoms with Crippen LogP contribution in [0.2, 0.25) is 0 Å². The molecule has 0 amide bonds. The topological polar surface area (TPSA) is 63.2 Å². The van der Waals surface area contributed by atoms with Gasteiger partial charge in [0.15, 0.2) is 0 Å². The molecule has 0 aliphatic carbocycles. The minimum Gasteiger partial charge on any atom is -0.260 e. The summed E-state index contributed by atoms with van der Waals surface area (Å²) < 4.78 is 38.5. The van der Waals surface area contributed by atoms with Crippen molar-refractivity contribution < 1.29 is 12.6 Å². The van der Waals surface area contributed by atoms with E-state index >= 15 is 0 Å². The van der Waals surface area contributed by atoms with Crippen LogP contribution in [-0.4, -0.2) is 30.7 Å². The summed E-state index contributed by atoms with van der Waals surface area (Å²) in [6.07, 6.45) is 2.17. The molecule has 0 radical (unpaired) electrons. The molecule has 0 aliphatic heterocycles. The Bertz CT molecular complexity index is 572. The van der Waals surface area contributed by atoms with E-state index in [4.69, 9.17) is 0 Å². The van der Waals surface area contributed by atoms with E-state index in [0.29, 0.717) is 10.9 Å². The summed E-state index contributed by atoms with van der Waals surface area (Å²) in [6.45, 7) is 4.02. The molecule has 2 atom stereocenters. The minimum atomic E-state index is -3.52. The maximum Gasteiger partial charge on any atom is 0.241 e. The highest BCUT2D eigenvalue weighted by Gasteiger charge is 2.17. The Morgan fingerprint density at radius 2 is 2.05 bits per heavy atom. The average molecular weight is 368 g/mol. The number of hydrogen-bond donors (Lipinski definition) is 1. The molecule has 2 unspecified atom stereocenters. The Morgan fingerprint density at radius 1 is 1.42 bits per heavy atom. The van der Waals surface area contributed by atoms with Crippen LogP contribution < -0.4 is 4.72 Å². The fraction of sp³-hybridized carbons (Fsp3) is 0.500. The van der Waals surface area contributed by atoms with E-state index in [2.05, 4.69) is 20.7 Å². The molecule has 19 heavy (non-hydrogen) atoms. The second kappa shape index (κ2) is 6.97. The summed E-state index contributed by atoms with van der Waals surface area (Å²) in [5, 5.41) is -0.0239. The Morgan fingerprint density at radius 3 is 2.58 bits per heavy atom. The predicted octanol–water partition coefficient (Wildman–Crippen LogP) is 2.19. The van der Waals surface area contributed by atoms with Crippen LogP contribution in [0.3, 0.4) is 0 Å². The zero-order valence-electron chi connectivity index (χ0n) is 11.1. The second-order valence-electron chi connectivity index (χ2n) is 4.43. The van der Waals surface area contributed by atoms with Crippen molar-refractivity contribution in [3.05, 3.63) is 28.2 Å². The van der Waals surface area contributed by atoms with Crippen LogP contribution in [0.4, 0.5) is 0 Å². The first-order chi connectivity index (χ1) is 8.74. The number of hydrogen-bond acceptors (Lipinski definition) is 3. The maximum absolute atomic E-state index is 12.1. The van der Waals surface area contributed by atoms with Gasteiger partial charge < -0.3 is 0 Å². The predicted molar refractivity (Wildman–Crippen MR) is 82.2 cm³/mol. The van der Waals surface area contributed by atoms with E-state index in [0.717, 1.165) is 5.56 Å². The number of sulfonamides is 1. The zero-order valence-corrected chi connectivity index (χ0v) is 14.4. The second-order valence-corrected chi connectivity index (χ2v) is 8.82. The molecule has 0 saturated heterocycles. The van der Waals surface area contributed by atoms with Crippen LogP contribution in [-0.2, 0) is 20.8 Å². The third-order valence-corrected chi connectivity index (χ3v) is 6.59. The summed E-state index contributed by atoms with van der Waals surface area (Å²) in [4.78, 5) is 0.225. The van der Waals surface area contributed by atoms with Crippen molar-refractivity contribution in [2.75, 3.05) is 12.8 Å². The van der Waals surface area contributed by atoms with Gasteiger partial charge in [-0.1, -0.05) is 13.0 Å². The van der Waals surface area contributed by atoms with Gasteiger partial charge in [-0.3, -0.25) is 4.21 Å². The van der Waals surface area contributed by atoms with Crippen LogP contribution in [0.25, 0.3) is 0 Å². The molecule has 0 aliphatic rings. The summed E-state index contributed by atoms with van der Waals surface area (Å²) in [7, 11) is -4.46. The number of nitrogens with one attached hydrogen (secondary N) is 1. The molecular weight excluding hydrogens is 350 g/mol. The van der Waals surface area contributed by atoms with E-state index in [-0.39, 0.29) is 16.7 Å². The van der Waals surface area contributed by atoms with Crippen molar-refractivity contribution in [2.45, 2.75) is 30.4 Å². The van der Waals surface area contributed by atoms with E-state index in [9.17, 15) is 12.6 Å². The number of aryl methyl sites for hydroxylation is 1. The smallest absolute Gasteiger partial charge is 0.241 e. The third-order valence-electron chi connectivity index (χ3n) is 2.79. The van der Waals surface area contributed by atoms with Crippen LogP contribution >= 0.6 is 15.9 Å². The third kappa shape index (κ3) is 4.98. The Labute approximate surface area is 125 Å². The quantitative estimate of drug-likeness (QED) is 0.837. The molecule has 1 N–H and O–H groups in total. The molecule has 0 fully saturated rings. The largest absolute Gasteiger partial charge is 0.260 e. The maximum atomic E-state index is 12.1. The molecular formula is C12H18BrNO3S2. The standard InChI is InChI=1S/C12H18BrNO3S2/c1-9-4-5-12(11(13)8-9)19(16,17)14-7-6-10(2)18(3)15/h4-5,8,10,14H,6-7H2,1-3H3. The molecule has 7 heteroatoms. The molecule has 0 spiro atoms. The zero-order chi connectivity index (χ0) is 14.6. The lowest BCUT2D eigenvalue weighted by Gasteiger charge is -2.11. The lowest BCUT2D eigenvalue weighted by molar-refractivity contribution is 0.577. The fourth-order valence-corrected chi connectivity index (χ4v) is 4.15. The van der Waals surface area contributed by atoms with E-state index in [1.165, 1.54) is 0 Å². The van der Waals surface area contributed by atoms with E-state index < -0.39 is 20.8 Å². The van der Waals surface area contributed by atoms with Gasteiger partial charge in [-0.15, -0.1) is 0 Å². The number of rotatable bonds is 6. The van der Waals surface area contributed by atoms with Crippen LogP contribution in [0, 0.1) is 6.92 Å². The molecule has 1 rings (SSSR count). The number of benzene rings is 1. The van der Waals surface area contributed by atoms with Crippen molar-refractivity contribution in [1.29, 1.82) is 0 Å². The van der Waals surface area contributed by atoms with Gasteiger partial charge in [-0.25, -0.2) is 13.1 Å². The minimum absolute atomic E-state index is 0.0239. The lowest BCUT2D eigenvalue weighted by Crippen LogP contribution is -2.28. The molecule has 0 bridgehead atoms. The summed E-state index contributed by atoms with van der Waals surface area (Å²) in [5.41, 5.74) is 0.987. The summed E-state index contributed by atoms with van der Waals surface area (Å²) in [6, 6.07) is 5.09. The van der Waals surface area contributed by atoms with Gasteiger partial charge in [0, 0.05) is 33.3 Å². The normalized spacial score (nSPS) is 15.2. The number of halogens is 1. The lowest BCUT2D eigenvalue weighted by atomic mass is 10.2. The molecule has 0 heterocycles. The monoisotopic (exact) mass is 367 g/mol. The van der Waals surface area contributed by atoms with Gasteiger partial charge in [0.25, 0.3) is 0 Å². The van der Waals surface area contributed by atoms with Crippen molar-refractivity contribution in [3.8, 4) is 0 Å². The van der Waals surface area contributed by atoms with Crippen molar-refractivity contribution in [1.82, 2.24) is 4.72 Å². The first-order valence-electron chi connectivity index (χ1n) is 5.82. The Kier molecular flexibility index (Phi) is 6.16. The first-order valence-corrected chi connectivity index (χ1v) is 9.72. The molecule has 1 aromatic carbocycles. The van der Waals surface area contributed by atoms with E-state index in [1.54, 1.807) is 24.5 Å². The van der Waals surface area contributed by atoms with Crippen molar-refractivity contribution in [3.63, 3.8) is 0 Å². The molecule has 4 nitrogen and oxygen atoms in total. The summed E-state index contributed by atoms with van der Waals surface area (Å²) >= 11 is 3.26. The van der Waals surface area contributed by atoms with Crippen molar-refractivity contribution in [2.24, 2.45) is 0 Å². The van der Waals surface area contributed by atoms with Crippen molar-refractivity contribution >= 4 is 36.8 Å². The fourth-order valence-electron chi connectivity index (χ4n) is 1.46. The van der Waals surface area contributed by atoms with Gasteiger partial charge >= 0.3 is 0 Å². The van der Waals surface area contributed by atoms with Crippen LogP contribution in [0.5, 0.6) is 0 Å². The van der Waals surface area contributed by atoms with Gasteiger partial charge in [0.1, 0.15) is 0 Å². The van der Waals surface area contributed by atoms with Gasteiger partial charge in [-0.05, 0) is 47.0 Å². The first kappa shape index (κ1) is 16.8. The van der Waals surface area contributed by atoms with Crippen LogP contribution in [0.15, 0.2) is 27.6 Å². The highest BCUT2D eigenvalue weighted by Crippen LogP contribution is 2.22. The highest BCUT2D eigenvalue weighted by molar-refractivity contribution is 9.10. The molecule has 108 valence electrons. The highest BCUT2D eigenvalue weighted by atomic mass is 79.9. The molecule has 1 aromatic rings. The van der Waals surface area contributed by atoms with Crippen LogP contribution in [0.1, 0.15) is 18.9 Å². The Balaban J connectivity index is 2.74. The Hall–Kier alpha value is -0.240. The molecule has 0 aromatic heterocycles. The van der Waals surface area contributed by atoms with Gasteiger partial charge in [0.05, 0.1) is 4.90 Å². The summed E-state index contributed by atoms with van der Waals surface area (Å²) in [5.74, 6) is 0. The van der Waals surface area contributed by atoms with Gasteiger partial charge in [0.2, 0.25) is 10.0 Å². The average Bonchev–Trinajstić information content (AvgIpc) is 2.27. The molecule has 0 saturated carbocycles. The van der Waals surface area contributed by atoms with Gasteiger partial charge in [-0.2, -0.15) is 0 Å². The van der Waals surface area contributed by atoms with E-state index in [1.807, 2.05) is 13.8 Å².